The number of aromatic carboxylic acids is 1. The molecule has 108 valence electrons. The van der Waals surface area contributed by atoms with Gasteiger partial charge in [-0.25, -0.2) is 4.79 Å². The van der Waals surface area contributed by atoms with Gasteiger partial charge in [0.05, 0.1) is 5.56 Å². The Morgan fingerprint density at radius 1 is 0.905 bits per heavy atom. The van der Waals surface area contributed by atoms with Crippen LogP contribution in [0.2, 0.25) is 0 Å². The topological polar surface area (TPSA) is 66.4 Å². The zero-order chi connectivity index (χ0) is 15.6. The van der Waals surface area contributed by atoms with Gasteiger partial charge in [-0.3, -0.25) is 4.79 Å². The zero-order valence-electron chi connectivity index (χ0n) is 12.2. The van der Waals surface area contributed by atoms with Gasteiger partial charge in [0.15, 0.2) is 0 Å². The van der Waals surface area contributed by atoms with E-state index in [1.807, 2.05) is 32.0 Å². The first-order chi connectivity index (χ1) is 9.86. The quantitative estimate of drug-likeness (QED) is 0.905. The maximum absolute atomic E-state index is 12.3. The molecule has 0 heterocycles. The molecule has 0 saturated heterocycles. The monoisotopic (exact) mass is 283 g/mol. The van der Waals surface area contributed by atoms with E-state index >= 15 is 0 Å². The molecule has 0 aliphatic heterocycles. The molecule has 0 radical (unpaired) electrons. The van der Waals surface area contributed by atoms with Crippen molar-refractivity contribution in [2.24, 2.45) is 0 Å². The van der Waals surface area contributed by atoms with Gasteiger partial charge >= 0.3 is 5.97 Å². The van der Waals surface area contributed by atoms with Gasteiger partial charge in [0, 0.05) is 11.3 Å². The van der Waals surface area contributed by atoms with E-state index in [0.717, 1.165) is 11.1 Å². The minimum absolute atomic E-state index is 0.201. The number of nitrogens with one attached hydrogen (secondary N) is 1. The van der Waals surface area contributed by atoms with E-state index < -0.39 is 5.97 Å². The summed E-state index contributed by atoms with van der Waals surface area (Å²) in [6.45, 7) is 5.65. The lowest BCUT2D eigenvalue weighted by molar-refractivity contribution is 0.0696. The fourth-order valence-electron chi connectivity index (χ4n) is 2.24. The molecule has 0 aliphatic carbocycles. The van der Waals surface area contributed by atoms with Crippen molar-refractivity contribution < 1.29 is 14.7 Å². The van der Waals surface area contributed by atoms with Crippen molar-refractivity contribution in [3.8, 4) is 0 Å². The van der Waals surface area contributed by atoms with Gasteiger partial charge < -0.3 is 10.4 Å². The molecule has 0 atom stereocenters. The molecule has 0 bridgehead atoms. The minimum atomic E-state index is -0.981. The number of carboxylic acids is 1. The lowest BCUT2D eigenvalue weighted by Crippen LogP contribution is -2.13. The lowest BCUT2D eigenvalue weighted by atomic mass is 10.1. The van der Waals surface area contributed by atoms with Crippen molar-refractivity contribution in [2.45, 2.75) is 20.8 Å². The van der Waals surface area contributed by atoms with Gasteiger partial charge in [0.2, 0.25) is 0 Å². The summed E-state index contributed by atoms with van der Waals surface area (Å²) in [4.78, 5) is 23.2. The second-order valence-corrected chi connectivity index (χ2v) is 5.17. The third-order valence-electron chi connectivity index (χ3n) is 3.21. The first-order valence-corrected chi connectivity index (χ1v) is 6.60. The van der Waals surface area contributed by atoms with Gasteiger partial charge in [0.25, 0.3) is 5.91 Å². The molecule has 2 aromatic carbocycles. The Labute approximate surface area is 123 Å². The summed E-state index contributed by atoms with van der Waals surface area (Å²) >= 11 is 0. The lowest BCUT2D eigenvalue weighted by Gasteiger charge is -2.10. The molecule has 2 rings (SSSR count). The van der Waals surface area contributed by atoms with Crippen LogP contribution in [0.15, 0.2) is 36.4 Å². The zero-order valence-corrected chi connectivity index (χ0v) is 12.2. The number of hydrogen-bond donors (Lipinski definition) is 2. The van der Waals surface area contributed by atoms with Crippen LogP contribution in [0, 0.1) is 20.8 Å². The fourth-order valence-corrected chi connectivity index (χ4v) is 2.24. The molecule has 4 heteroatoms. The first kappa shape index (κ1) is 14.8. The molecular formula is C17H17NO3. The summed E-state index contributed by atoms with van der Waals surface area (Å²) in [6, 6.07) is 10.3. The number of rotatable bonds is 3. The summed E-state index contributed by atoms with van der Waals surface area (Å²) < 4.78 is 0. The number of carboxylic acid groups (broad SMARTS) is 1. The molecular weight excluding hydrogens is 266 g/mol. The molecule has 21 heavy (non-hydrogen) atoms. The Morgan fingerprint density at radius 2 is 1.52 bits per heavy atom. The van der Waals surface area contributed by atoms with Crippen molar-refractivity contribution in [3.63, 3.8) is 0 Å². The Hall–Kier alpha value is -2.62. The van der Waals surface area contributed by atoms with E-state index in [-0.39, 0.29) is 11.5 Å². The summed E-state index contributed by atoms with van der Waals surface area (Å²) in [5.74, 6) is -1.18. The van der Waals surface area contributed by atoms with Crippen molar-refractivity contribution >= 4 is 17.6 Å². The van der Waals surface area contributed by atoms with Gasteiger partial charge in [0.1, 0.15) is 0 Å². The van der Waals surface area contributed by atoms with E-state index in [4.69, 9.17) is 5.11 Å². The van der Waals surface area contributed by atoms with Crippen LogP contribution >= 0.6 is 0 Å². The normalized spacial score (nSPS) is 10.2. The second-order valence-electron chi connectivity index (χ2n) is 5.17. The maximum Gasteiger partial charge on any atom is 0.335 e. The predicted octanol–water partition coefficient (Wildman–Crippen LogP) is 3.56. The van der Waals surface area contributed by atoms with E-state index in [1.54, 1.807) is 19.1 Å². The van der Waals surface area contributed by atoms with Crippen molar-refractivity contribution in [2.75, 3.05) is 5.32 Å². The first-order valence-electron chi connectivity index (χ1n) is 6.60. The Morgan fingerprint density at radius 3 is 2.05 bits per heavy atom. The number of carbonyl (C=O) groups excluding carboxylic acids is 1. The highest BCUT2D eigenvalue weighted by atomic mass is 16.4. The van der Waals surface area contributed by atoms with Crippen LogP contribution in [0.5, 0.6) is 0 Å². The van der Waals surface area contributed by atoms with E-state index in [9.17, 15) is 9.59 Å². The highest BCUT2D eigenvalue weighted by Crippen LogP contribution is 2.18. The molecule has 2 N–H and O–H groups in total. The van der Waals surface area contributed by atoms with E-state index in [2.05, 4.69) is 5.32 Å². The Kier molecular flexibility index (Phi) is 4.08. The van der Waals surface area contributed by atoms with Crippen LogP contribution in [-0.4, -0.2) is 17.0 Å². The molecule has 0 aromatic heterocycles. The third-order valence-corrected chi connectivity index (χ3v) is 3.21. The average Bonchev–Trinajstić information content (AvgIpc) is 2.39. The number of benzene rings is 2. The number of hydrogen-bond acceptors (Lipinski definition) is 2. The SMILES string of the molecule is Cc1cc(C)cc(C(=O)Nc2ccc(C(=O)O)cc2C)c1. The fraction of sp³-hybridized carbons (Fsp3) is 0.176. The third kappa shape index (κ3) is 3.48. The molecule has 0 saturated carbocycles. The maximum atomic E-state index is 12.3. The van der Waals surface area contributed by atoms with Crippen LogP contribution in [0.1, 0.15) is 37.4 Å². The Balaban J connectivity index is 2.25. The number of carbonyl (C=O) groups is 2. The summed E-state index contributed by atoms with van der Waals surface area (Å²) in [6.07, 6.45) is 0. The molecule has 0 fully saturated rings. The largest absolute Gasteiger partial charge is 0.478 e. The average molecular weight is 283 g/mol. The summed E-state index contributed by atoms with van der Waals surface area (Å²) in [7, 11) is 0. The van der Waals surface area contributed by atoms with Crippen LogP contribution < -0.4 is 5.32 Å². The number of anilines is 1. The highest BCUT2D eigenvalue weighted by Gasteiger charge is 2.10. The highest BCUT2D eigenvalue weighted by molar-refractivity contribution is 6.05. The molecule has 1 amide bonds. The van der Waals surface area contributed by atoms with Crippen LogP contribution in [0.3, 0.4) is 0 Å². The molecule has 0 spiro atoms. The molecule has 0 unspecified atom stereocenters. The predicted molar refractivity (Wildman–Crippen MR) is 82.0 cm³/mol. The van der Waals surface area contributed by atoms with E-state index in [1.165, 1.54) is 6.07 Å². The van der Waals surface area contributed by atoms with Gasteiger partial charge in [-0.05, 0) is 56.7 Å². The van der Waals surface area contributed by atoms with Crippen LogP contribution in [-0.2, 0) is 0 Å². The molecule has 0 aliphatic rings. The van der Waals surface area contributed by atoms with Crippen molar-refractivity contribution in [1.29, 1.82) is 0 Å². The minimum Gasteiger partial charge on any atom is -0.478 e. The van der Waals surface area contributed by atoms with E-state index in [0.29, 0.717) is 16.8 Å². The smallest absolute Gasteiger partial charge is 0.335 e. The van der Waals surface area contributed by atoms with Gasteiger partial charge in [-0.1, -0.05) is 17.2 Å². The molecule has 4 nitrogen and oxygen atoms in total. The van der Waals surface area contributed by atoms with Crippen molar-refractivity contribution in [3.05, 3.63) is 64.2 Å². The Bertz CT molecular complexity index is 700. The molecule has 2 aromatic rings. The van der Waals surface area contributed by atoms with Crippen LogP contribution in [0.25, 0.3) is 0 Å². The number of aryl methyl sites for hydroxylation is 3. The van der Waals surface area contributed by atoms with Crippen LogP contribution in [0.4, 0.5) is 5.69 Å². The van der Waals surface area contributed by atoms with Gasteiger partial charge in [-0.15, -0.1) is 0 Å². The number of amides is 1. The van der Waals surface area contributed by atoms with Gasteiger partial charge in [-0.2, -0.15) is 0 Å². The standard InChI is InChI=1S/C17H17NO3/c1-10-6-11(2)8-14(7-10)16(19)18-15-5-4-13(17(20)21)9-12(15)3/h4-9H,1-3H3,(H,18,19)(H,20,21). The summed E-state index contributed by atoms with van der Waals surface area (Å²) in [5, 5.41) is 11.7. The summed E-state index contributed by atoms with van der Waals surface area (Å²) in [5.41, 5.74) is 4.18. The van der Waals surface area contributed by atoms with Crippen molar-refractivity contribution in [1.82, 2.24) is 0 Å². The second kappa shape index (κ2) is 5.79.